The molecule has 1 atom stereocenters. The molecule has 0 amide bonds. The maximum Gasteiger partial charge on any atom is 0.447 e. The van der Waals surface area contributed by atoms with Crippen LogP contribution in [0.5, 0.6) is 5.75 Å². The van der Waals surface area contributed by atoms with E-state index < -0.39 is 6.80 Å². The first kappa shape index (κ1) is 9.99. The zero-order valence-electron chi connectivity index (χ0n) is 5.95. The van der Waals surface area contributed by atoms with Gasteiger partial charge in [0.05, 0.1) is 0 Å². The van der Waals surface area contributed by atoms with Gasteiger partial charge in [0, 0.05) is 10.4 Å². The van der Waals surface area contributed by atoms with Crippen molar-refractivity contribution in [1.82, 2.24) is 0 Å². The van der Waals surface area contributed by atoms with Gasteiger partial charge in [-0.15, -0.1) is 0 Å². The lowest BCUT2D eigenvalue weighted by molar-refractivity contribution is 0.403. The van der Waals surface area contributed by atoms with Crippen molar-refractivity contribution < 1.29 is 14.0 Å². The number of rotatable bonds is 3. The maximum absolute atomic E-state index is 11.0. The SMILES string of the molecule is O=P(O)(Oc1ccccc1)SS. The fourth-order valence-corrected chi connectivity index (χ4v) is 1.71. The molecule has 12 heavy (non-hydrogen) atoms. The first-order valence-electron chi connectivity index (χ1n) is 3.05. The van der Waals surface area contributed by atoms with Crippen molar-refractivity contribution >= 4 is 28.9 Å². The number of benzene rings is 1. The Labute approximate surface area is 79.2 Å². The molecule has 0 aliphatic heterocycles. The summed E-state index contributed by atoms with van der Waals surface area (Å²) in [5.74, 6) is 0.366. The summed E-state index contributed by atoms with van der Waals surface area (Å²) >= 11 is 3.61. The minimum atomic E-state index is -3.61. The Morgan fingerprint density at radius 3 is 2.50 bits per heavy atom. The first-order valence-corrected chi connectivity index (χ1v) is 7.10. The minimum Gasteiger partial charge on any atom is -0.417 e. The second-order valence-corrected chi connectivity index (χ2v) is 6.58. The molecule has 1 aromatic carbocycles. The van der Waals surface area contributed by atoms with E-state index >= 15 is 0 Å². The van der Waals surface area contributed by atoms with Crippen LogP contribution in [-0.2, 0) is 4.57 Å². The summed E-state index contributed by atoms with van der Waals surface area (Å²) in [5, 5.41) is 0. The molecule has 1 aromatic rings. The molecule has 66 valence electrons. The van der Waals surface area contributed by atoms with Crippen LogP contribution < -0.4 is 4.52 Å². The Morgan fingerprint density at radius 2 is 2.00 bits per heavy atom. The lowest BCUT2D eigenvalue weighted by atomic mass is 10.3. The van der Waals surface area contributed by atoms with Gasteiger partial charge in [0.15, 0.2) is 0 Å². The standard InChI is InChI=1S/C6H7O3PS2/c7-10(8,12-11)9-6-4-2-1-3-5-6/h1-5,11H,(H,7,8). The topological polar surface area (TPSA) is 46.5 Å². The van der Waals surface area contributed by atoms with Crippen LogP contribution in [0, 0.1) is 0 Å². The van der Waals surface area contributed by atoms with Crippen molar-refractivity contribution in [3.63, 3.8) is 0 Å². The van der Waals surface area contributed by atoms with Gasteiger partial charge in [0.25, 0.3) is 0 Å². The lowest BCUT2D eigenvalue weighted by Gasteiger charge is -2.08. The van der Waals surface area contributed by atoms with Crippen LogP contribution in [-0.4, -0.2) is 4.89 Å². The molecule has 0 heterocycles. The number of para-hydroxylation sites is 1. The molecular formula is C6H7O3PS2. The highest BCUT2D eigenvalue weighted by molar-refractivity contribution is 8.93. The van der Waals surface area contributed by atoms with Crippen LogP contribution in [0.1, 0.15) is 0 Å². The largest absolute Gasteiger partial charge is 0.447 e. The third kappa shape index (κ3) is 3.11. The molecule has 0 spiro atoms. The van der Waals surface area contributed by atoms with Crippen LogP contribution in [0.2, 0.25) is 0 Å². The van der Waals surface area contributed by atoms with Gasteiger partial charge in [-0.3, -0.25) is 0 Å². The van der Waals surface area contributed by atoms with E-state index in [4.69, 9.17) is 9.42 Å². The summed E-state index contributed by atoms with van der Waals surface area (Å²) in [6.07, 6.45) is 0. The molecule has 0 aliphatic rings. The predicted molar refractivity (Wildman–Crippen MR) is 53.5 cm³/mol. The van der Waals surface area contributed by atoms with E-state index in [9.17, 15) is 4.57 Å². The molecule has 0 fully saturated rings. The highest BCUT2D eigenvalue weighted by Crippen LogP contribution is 2.57. The van der Waals surface area contributed by atoms with E-state index in [1.165, 1.54) is 0 Å². The molecule has 0 saturated carbocycles. The van der Waals surface area contributed by atoms with Gasteiger partial charge in [0.2, 0.25) is 0 Å². The molecule has 3 nitrogen and oxygen atoms in total. The van der Waals surface area contributed by atoms with Crippen molar-refractivity contribution in [3.05, 3.63) is 30.3 Å². The lowest BCUT2D eigenvalue weighted by Crippen LogP contribution is -1.85. The van der Waals surface area contributed by atoms with Gasteiger partial charge in [-0.1, -0.05) is 29.9 Å². The van der Waals surface area contributed by atoms with Crippen LogP contribution in [0.25, 0.3) is 0 Å². The quantitative estimate of drug-likeness (QED) is 0.469. The van der Waals surface area contributed by atoms with Crippen LogP contribution in [0.4, 0.5) is 0 Å². The van der Waals surface area contributed by atoms with Gasteiger partial charge in [0.1, 0.15) is 5.75 Å². The Morgan fingerprint density at radius 1 is 1.42 bits per heavy atom. The van der Waals surface area contributed by atoms with Gasteiger partial charge >= 0.3 is 6.80 Å². The van der Waals surface area contributed by atoms with E-state index in [1.807, 2.05) is 0 Å². The first-order chi connectivity index (χ1) is 5.64. The molecule has 0 aromatic heterocycles. The monoisotopic (exact) mass is 222 g/mol. The average Bonchev–Trinajstić information content (AvgIpc) is 2.06. The smallest absolute Gasteiger partial charge is 0.417 e. The molecule has 1 unspecified atom stereocenters. The highest BCUT2D eigenvalue weighted by Gasteiger charge is 2.19. The molecule has 0 bridgehead atoms. The average molecular weight is 222 g/mol. The van der Waals surface area contributed by atoms with Gasteiger partial charge in [-0.05, 0) is 12.1 Å². The van der Waals surface area contributed by atoms with Crippen molar-refractivity contribution in [3.8, 4) is 5.75 Å². The number of hydrogen-bond donors (Lipinski definition) is 2. The van der Waals surface area contributed by atoms with Gasteiger partial charge in [-0.25, -0.2) is 4.57 Å². The highest BCUT2D eigenvalue weighted by atomic mass is 33.3. The Kier molecular flexibility index (Phi) is 3.53. The fourth-order valence-electron chi connectivity index (χ4n) is 0.631. The normalized spacial score (nSPS) is 15.2. The van der Waals surface area contributed by atoms with E-state index in [-0.39, 0.29) is 0 Å². The summed E-state index contributed by atoms with van der Waals surface area (Å²) in [5.41, 5.74) is 0. The van der Waals surface area contributed by atoms with Crippen molar-refractivity contribution in [2.24, 2.45) is 0 Å². The van der Waals surface area contributed by atoms with Crippen LogP contribution >= 0.6 is 28.9 Å². The molecule has 1 rings (SSSR count). The van der Waals surface area contributed by atoms with Crippen LogP contribution in [0.15, 0.2) is 30.3 Å². The third-order valence-corrected chi connectivity index (χ3v) is 4.42. The maximum atomic E-state index is 11.0. The zero-order chi connectivity index (χ0) is 9.03. The molecule has 0 aliphatic carbocycles. The summed E-state index contributed by atoms with van der Waals surface area (Å²) in [7, 11) is 0.505. The zero-order valence-corrected chi connectivity index (χ0v) is 8.56. The van der Waals surface area contributed by atoms with E-state index in [0.717, 1.165) is 0 Å². The second-order valence-electron chi connectivity index (χ2n) is 1.95. The van der Waals surface area contributed by atoms with E-state index in [2.05, 4.69) is 11.7 Å². The summed E-state index contributed by atoms with van der Waals surface area (Å²) < 4.78 is 15.7. The summed E-state index contributed by atoms with van der Waals surface area (Å²) in [6, 6.07) is 8.44. The molecule has 6 heteroatoms. The number of thiol groups is 1. The summed E-state index contributed by atoms with van der Waals surface area (Å²) in [4.78, 5) is 9.00. The second kappa shape index (κ2) is 4.23. The minimum absolute atomic E-state index is 0.366. The van der Waals surface area contributed by atoms with Crippen molar-refractivity contribution in [2.75, 3.05) is 0 Å². The molecule has 0 saturated heterocycles. The Bertz CT molecular complexity index is 290. The Balaban J connectivity index is 2.71. The van der Waals surface area contributed by atoms with Gasteiger partial charge < -0.3 is 9.42 Å². The molecule has 1 N–H and O–H groups in total. The van der Waals surface area contributed by atoms with E-state index in [0.29, 0.717) is 16.2 Å². The Hall–Kier alpha value is -0.0900. The van der Waals surface area contributed by atoms with E-state index in [1.54, 1.807) is 30.3 Å². The van der Waals surface area contributed by atoms with Gasteiger partial charge in [-0.2, -0.15) is 0 Å². The summed E-state index contributed by atoms with van der Waals surface area (Å²) in [6.45, 7) is -3.61. The van der Waals surface area contributed by atoms with Crippen LogP contribution in [0.3, 0.4) is 0 Å². The third-order valence-electron chi connectivity index (χ3n) is 1.07. The number of hydrogen-bond acceptors (Lipinski definition) is 4. The predicted octanol–water partition coefficient (Wildman–Crippen LogP) is 2.74. The fraction of sp³-hybridized carbons (Fsp3) is 0. The van der Waals surface area contributed by atoms with Crippen molar-refractivity contribution in [1.29, 1.82) is 0 Å². The molecule has 0 radical (unpaired) electrons. The molecular weight excluding hydrogens is 215 g/mol. The van der Waals surface area contributed by atoms with Crippen molar-refractivity contribution in [2.45, 2.75) is 0 Å².